The Balaban J connectivity index is 1.47. The molecule has 5 rings (SSSR count). The highest BCUT2D eigenvalue weighted by Crippen LogP contribution is 2.41. The van der Waals surface area contributed by atoms with Crippen LogP contribution < -0.4 is 20.0 Å². The summed E-state index contributed by atoms with van der Waals surface area (Å²) in [6, 6.07) is 4.83. The van der Waals surface area contributed by atoms with Crippen molar-refractivity contribution in [2.45, 2.75) is 37.9 Å². The molecule has 2 bridgehead atoms. The maximum Gasteiger partial charge on any atom is 0.393 e. The van der Waals surface area contributed by atoms with Gasteiger partial charge in [0.1, 0.15) is 18.0 Å². The van der Waals surface area contributed by atoms with Crippen LogP contribution in [-0.2, 0) is 0 Å². The summed E-state index contributed by atoms with van der Waals surface area (Å²) in [7, 11) is 0. The summed E-state index contributed by atoms with van der Waals surface area (Å²) in [6.45, 7) is 1.96. The van der Waals surface area contributed by atoms with Gasteiger partial charge in [0, 0.05) is 32.4 Å². The van der Waals surface area contributed by atoms with Crippen LogP contribution in [0.4, 0.5) is 41.1 Å². The fourth-order valence-electron chi connectivity index (χ4n) is 4.84. The van der Waals surface area contributed by atoms with Crippen molar-refractivity contribution in [1.82, 2.24) is 15.0 Å². The highest BCUT2D eigenvalue weighted by Gasteiger charge is 2.43. The number of alkyl halides is 3. The van der Waals surface area contributed by atoms with Crippen molar-refractivity contribution in [2.24, 2.45) is 5.92 Å². The maximum atomic E-state index is 13.3. The van der Waals surface area contributed by atoms with Gasteiger partial charge in [-0.25, -0.2) is 19.7 Å². The SMILES string of the molecule is O=C(Nc1ccncn1)N1c2nc(N3CCCC(C(F)(F)F)C3)ccc2N2CCC[C@@H]1C2. The minimum atomic E-state index is -4.22. The van der Waals surface area contributed by atoms with E-state index in [9.17, 15) is 18.0 Å². The summed E-state index contributed by atoms with van der Waals surface area (Å²) in [6.07, 6.45) is 1.04. The van der Waals surface area contributed by atoms with E-state index in [2.05, 4.69) is 20.2 Å². The van der Waals surface area contributed by atoms with E-state index in [4.69, 9.17) is 4.98 Å². The summed E-state index contributed by atoms with van der Waals surface area (Å²) in [4.78, 5) is 31.4. The average molecular weight is 447 g/mol. The lowest BCUT2D eigenvalue weighted by Crippen LogP contribution is -2.56. The van der Waals surface area contributed by atoms with Crippen LogP contribution in [0.5, 0.6) is 0 Å². The number of hydrogen-bond donors (Lipinski definition) is 1. The van der Waals surface area contributed by atoms with Crippen LogP contribution in [0.1, 0.15) is 25.7 Å². The van der Waals surface area contributed by atoms with Crippen LogP contribution >= 0.6 is 0 Å². The Bertz CT molecular complexity index is 987. The molecule has 2 amide bonds. The highest BCUT2D eigenvalue weighted by molar-refractivity contribution is 6.04. The Hall–Kier alpha value is -3.11. The number of piperidine rings is 2. The lowest BCUT2D eigenvalue weighted by molar-refractivity contribution is -0.176. The van der Waals surface area contributed by atoms with E-state index in [1.54, 1.807) is 28.1 Å². The first-order valence-corrected chi connectivity index (χ1v) is 10.8. The first kappa shape index (κ1) is 20.8. The Morgan fingerprint density at radius 2 is 1.88 bits per heavy atom. The maximum absolute atomic E-state index is 13.3. The predicted molar refractivity (Wildman–Crippen MR) is 114 cm³/mol. The molecule has 5 heterocycles. The fourth-order valence-corrected chi connectivity index (χ4v) is 4.84. The molecule has 0 saturated carbocycles. The van der Waals surface area contributed by atoms with Gasteiger partial charge in [0.05, 0.1) is 17.6 Å². The van der Waals surface area contributed by atoms with Crippen LogP contribution in [0.3, 0.4) is 0 Å². The molecule has 170 valence electrons. The molecular weight excluding hydrogens is 423 g/mol. The molecule has 2 aromatic heterocycles. The predicted octanol–water partition coefficient (Wildman–Crippen LogP) is 3.67. The number of fused-ring (bicyclic) bond motifs is 4. The molecule has 2 aromatic rings. The number of carbonyl (C=O) groups is 1. The number of aromatic nitrogens is 3. The Morgan fingerprint density at radius 1 is 1.06 bits per heavy atom. The largest absolute Gasteiger partial charge is 0.393 e. The summed E-state index contributed by atoms with van der Waals surface area (Å²) in [5.41, 5.74) is 0.826. The van der Waals surface area contributed by atoms with Gasteiger partial charge in [-0.2, -0.15) is 13.2 Å². The van der Waals surface area contributed by atoms with E-state index in [0.717, 1.165) is 25.1 Å². The summed E-state index contributed by atoms with van der Waals surface area (Å²) < 4.78 is 39.9. The molecular formula is C21H24F3N7O. The number of amides is 2. The molecule has 3 aliphatic rings. The van der Waals surface area contributed by atoms with Gasteiger partial charge in [-0.15, -0.1) is 0 Å². The molecule has 2 saturated heterocycles. The van der Waals surface area contributed by atoms with Gasteiger partial charge < -0.3 is 9.80 Å². The molecule has 0 aliphatic carbocycles. The molecule has 0 spiro atoms. The number of pyridine rings is 1. The minimum absolute atomic E-state index is 0.0647. The lowest BCUT2D eigenvalue weighted by Gasteiger charge is -2.46. The third kappa shape index (κ3) is 3.91. The number of hydrogen-bond acceptors (Lipinski definition) is 6. The summed E-state index contributed by atoms with van der Waals surface area (Å²) >= 11 is 0. The molecule has 2 atom stereocenters. The lowest BCUT2D eigenvalue weighted by atomic mass is 9.97. The van der Waals surface area contributed by atoms with E-state index in [1.807, 2.05) is 6.07 Å². The second kappa shape index (κ2) is 8.10. The minimum Gasteiger partial charge on any atom is -0.366 e. The molecule has 32 heavy (non-hydrogen) atoms. The van der Waals surface area contributed by atoms with Crippen LogP contribution in [0, 0.1) is 5.92 Å². The third-order valence-electron chi connectivity index (χ3n) is 6.41. The zero-order chi connectivity index (χ0) is 22.3. The fraction of sp³-hybridized carbons (Fsp3) is 0.524. The first-order chi connectivity index (χ1) is 15.4. The van der Waals surface area contributed by atoms with Crippen LogP contribution in [0.15, 0.2) is 30.7 Å². The van der Waals surface area contributed by atoms with E-state index in [1.165, 1.54) is 6.33 Å². The zero-order valence-electron chi connectivity index (χ0n) is 17.4. The summed E-state index contributed by atoms with van der Waals surface area (Å²) in [5.74, 6) is -0.0304. The number of nitrogens with one attached hydrogen (secondary N) is 1. The normalized spacial score (nSPS) is 23.0. The topological polar surface area (TPSA) is 77.5 Å². The van der Waals surface area contributed by atoms with E-state index in [0.29, 0.717) is 37.0 Å². The second-order valence-electron chi connectivity index (χ2n) is 8.48. The zero-order valence-corrected chi connectivity index (χ0v) is 17.4. The number of halogens is 3. The van der Waals surface area contributed by atoms with Crippen molar-refractivity contribution < 1.29 is 18.0 Å². The van der Waals surface area contributed by atoms with Gasteiger partial charge in [-0.1, -0.05) is 0 Å². The second-order valence-corrected chi connectivity index (χ2v) is 8.48. The summed E-state index contributed by atoms with van der Waals surface area (Å²) in [5, 5.41) is 2.80. The molecule has 2 fully saturated rings. The van der Waals surface area contributed by atoms with Crippen molar-refractivity contribution in [3.05, 3.63) is 30.7 Å². The van der Waals surface area contributed by atoms with Crippen molar-refractivity contribution in [2.75, 3.05) is 46.2 Å². The molecule has 11 heteroatoms. The van der Waals surface area contributed by atoms with Gasteiger partial charge in [-0.05, 0) is 43.9 Å². The van der Waals surface area contributed by atoms with Gasteiger partial charge in [0.15, 0.2) is 5.82 Å². The van der Waals surface area contributed by atoms with Gasteiger partial charge in [0.2, 0.25) is 0 Å². The van der Waals surface area contributed by atoms with Crippen molar-refractivity contribution in [1.29, 1.82) is 0 Å². The monoisotopic (exact) mass is 447 g/mol. The van der Waals surface area contributed by atoms with E-state index < -0.39 is 12.1 Å². The Labute approximate surface area is 183 Å². The number of rotatable bonds is 2. The smallest absolute Gasteiger partial charge is 0.366 e. The van der Waals surface area contributed by atoms with Crippen molar-refractivity contribution in [3.8, 4) is 0 Å². The molecule has 1 N–H and O–H groups in total. The van der Waals surface area contributed by atoms with Gasteiger partial charge in [0.25, 0.3) is 0 Å². The molecule has 3 aliphatic heterocycles. The third-order valence-corrected chi connectivity index (χ3v) is 6.41. The Kier molecular flexibility index (Phi) is 5.26. The van der Waals surface area contributed by atoms with Crippen molar-refractivity contribution in [3.63, 3.8) is 0 Å². The van der Waals surface area contributed by atoms with Crippen molar-refractivity contribution >= 4 is 29.2 Å². The van der Waals surface area contributed by atoms with E-state index in [-0.39, 0.29) is 25.0 Å². The molecule has 1 unspecified atom stereocenters. The molecule has 8 nitrogen and oxygen atoms in total. The van der Waals surface area contributed by atoms with Crippen LogP contribution in [0.2, 0.25) is 0 Å². The van der Waals surface area contributed by atoms with Crippen LogP contribution in [-0.4, -0.2) is 59.4 Å². The average Bonchev–Trinajstić information content (AvgIpc) is 2.79. The highest BCUT2D eigenvalue weighted by atomic mass is 19.4. The van der Waals surface area contributed by atoms with Gasteiger partial charge >= 0.3 is 12.2 Å². The Morgan fingerprint density at radius 3 is 2.66 bits per heavy atom. The standard InChI is InChI=1S/C21H24F3N7O/c22-21(23,24)14-3-1-10-30(11-14)18-6-5-16-19(28-18)31(15-4-2-9-29(16)12-15)20(32)27-17-7-8-25-13-26-17/h5-8,13-15H,1-4,9-12H2,(H,25,26,27,32)/t14?,15-/m1/s1. The molecule has 0 aromatic carbocycles. The number of urea groups is 1. The first-order valence-electron chi connectivity index (χ1n) is 10.8. The van der Waals surface area contributed by atoms with Gasteiger partial charge in [-0.3, -0.25) is 10.2 Å². The van der Waals surface area contributed by atoms with E-state index >= 15 is 0 Å². The molecule has 0 radical (unpaired) electrons. The quantitative estimate of drug-likeness (QED) is 0.757. The van der Waals surface area contributed by atoms with Crippen LogP contribution in [0.25, 0.3) is 0 Å². The number of anilines is 4. The number of carbonyl (C=O) groups excluding carboxylic acids is 1. The number of nitrogens with zero attached hydrogens (tertiary/aromatic N) is 6.